The molecule has 6 nitrogen and oxygen atoms in total. The Balaban J connectivity index is 1.85. The molecule has 0 fully saturated rings. The van der Waals surface area contributed by atoms with E-state index >= 15 is 0 Å². The zero-order valence-corrected chi connectivity index (χ0v) is 13.9. The third-order valence-corrected chi connectivity index (χ3v) is 5.03. The van der Waals surface area contributed by atoms with E-state index in [9.17, 15) is 0 Å². The van der Waals surface area contributed by atoms with Crippen LogP contribution in [0.25, 0.3) is 32.2 Å². The van der Waals surface area contributed by atoms with Crippen molar-refractivity contribution in [3.8, 4) is 10.8 Å². The molecular formula is C15H12N6S2. The summed E-state index contributed by atoms with van der Waals surface area (Å²) in [6, 6.07) is 5.74. The smallest absolute Gasteiger partial charge is 0.191 e. The standard InChI is InChI=1S/C15H12N6S2/c1-2-22-8-6-10-14(18-7-8)23-15(20-10)13-19-9-4-3-5-17-11(9)12(16)21-13/h3-7H,2H2,1H3,(H2,16,19,21). The summed E-state index contributed by atoms with van der Waals surface area (Å²) < 4.78 is 0. The number of thioether (sulfide) groups is 1. The van der Waals surface area contributed by atoms with Crippen LogP contribution in [0.1, 0.15) is 6.92 Å². The Morgan fingerprint density at radius 1 is 1.17 bits per heavy atom. The van der Waals surface area contributed by atoms with Crippen LogP contribution in [0.3, 0.4) is 0 Å². The lowest BCUT2D eigenvalue weighted by Gasteiger charge is -2.01. The summed E-state index contributed by atoms with van der Waals surface area (Å²) in [7, 11) is 0. The van der Waals surface area contributed by atoms with Crippen LogP contribution in [0.4, 0.5) is 5.82 Å². The molecule has 23 heavy (non-hydrogen) atoms. The number of pyridine rings is 2. The van der Waals surface area contributed by atoms with E-state index in [1.165, 1.54) is 11.3 Å². The Kier molecular flexibility index (Phi) is 3.55. The summed E-state index contributed by atoms with van der Waals surface area (Å²) in [5, 5.41) is 0.712. The van der Waals surface area contributed by atoms with Gasteiger partial charge in [0, 0.05) is 17.3 Å². The van der Waals surface area contributed by atoms with Crippen molar-refractivity contribution in [3.05, 3.63) is 30.6 Å². The molecule has 4 aromatic rings. The van der Waals surface area contributed by atoms with E-state index < -0.39 is 0 Å². The van der Waals surface area contributed by atoms with Crippen LogP contribution in [0.5, 0.6) is 0 Å². The molecule has 0 amide bonds. The highest BCUT2D eigenvalue weighted by Gasteiger charge is 2.13. The van der Waals surface area contributed by atoms with Gasteiger partial charge in [0.05, 0.1) is 5.52 Å². The number of nitrogens with two attached hydrogens (primary N) is 1. The highest BCUT2D eigenvalue weighted by molar-refractivity contribution is 7.99. The second-order valence-electron chi connectivity index (χ2n) is 4.75. The molecule has 4 heterocycles. The maximum absolute atomic E-state index is 6.00. The van der Waals surface area contributed by atoms with Gasteiger partial charge in [0.2, 0.25) is 0 Å². The second kappa shape index (κ2) is 5.71. The van der Waals surface area contributed by atoms with E-state index in [1.807, 2.05) is 24.4 Å². The van der Waals surface area contributed by atoms with Crippen LogP contribution in [-0.4, -0.2) is 30.7 Å². The van der Waals surface area contributed by atoms with Crippen molar-refractivity contribution in [2.45, 2.75) is 11.8 Å². The fourth-order valence-corrected chi connectivity index (χ4v) is 3.71. The van der Waals surface area contributed by atoms with Crippen molar-refractivity contribution in [1.29, 1.82) is 0 Å². The molecule has 0 aliphatic heterocycles. The van der Waals surface area contributed by atoms with Gasteiger partial charge in [-0.15, -0.1) is 11.8 Å². The Hall–Kier alpha value is -2.32. The topological polar surface area (TPSA) is 90.5 Å². The normalized spacial score (nSPS) is 11.3. The quantitative estimate of drug-likeness (QED) is 0.572. The van der Waals surface area contributed by atoms with Gasteiger partial charge in [-0.25, -0.2) is 19.9 Å². The number of fused-ring (bicyclic) bond motifs is 2. The number of thiazole rings is 1. The molecule has 0 unspecified atom stereocenters. The van der Waals surface area contributed by atoms with Gasteiger partial charge >= 0.3 is 0 Å². The largest absolute Gasteiger partial charge is 0.382 e. The van der Waals surface area contributed by atoms with Crippen LogP contribution >= 0.6 is 23.1 Å². The molecule has 2 N–H and O–H groups in total. The van der Waals surface area contributed by atoms with E-state index in [0.29, 0.717) is 27.7 Å². The molecule has 0 saturated heterocycles. The Labute approximate surface area is 140 Å². The number of rotatable bonds is 3. The molecule has 4 aromatic heterocycles. The molecule has 0 radical (unpaired) electrons. The van der Waals surface area contributed by atoms with Crippen LogP contribution < -0.4 is 5.73 Å². The van der Waals surface area contributed by atoms with Crippen LogP contribution in [0.15, 0.2) is 35.5 Å². The summed E-state index contributed by atoms with van der Waals surface area (Å²) in [5.41, 5.74) is 8.18. The number of hydrogen-bond acceptors (Lipinski definition) is 8. The van der Waals surface area contributed by atoms with E-state index in [-0.39, 0.29) is 0 Å². The average Bonchev–Trinajstić information content (AvgIpc) is 2.98. The van der Waals surface area contributed by atoms with Crippen LogP contribution in [-0.2, 0) is 0 Å². The summed E-state index contributed by atoms with van der Waals surface area (Å²) in [6.07, 6.45) is 3.55. The van der Waals surface area contributed by atoms with Gasteiger partial charge in [0.1, 0.15) is 15.9 Å². The van der Waals surface area contributed by atoms with Crippen molar-refractivity contribution >= 4 is 50.3 Å². The maximum atomic E-state index is 6.00. The van der Waals surface area contributed by atoms with Crippen molar-refractivity contribution in [2.75, 3.05) is 11.5 Å². The molecule has 0 aliphatic carbocycles. The highest BCUT2D eigenvalue weighted by atomic mass is 32.2. The first-order valence-electron chi connectivity index (χ1n) is 7.02. The fraction of sp³-hybridized carbons (Fsp3) is 0.133. The fourth-order valence-electron chi connectivity index (χ4n) is 2.23. The average molecular weight is 340 g/mol. The van der Waals surface area contributed by atoms with E-state index in [2.05, 4.69) is 31.8 Å². The zero-order chi connectivity index (χ0) is 15.8. The van der Waals surface area contributed by atoms with Gasteiger partial charge in [0.15, 0.2) is 16.6 Å². The van der Waals surface area contributed by atoms with Crippen molar-refractivity contribution in [3.63, 3.8) is 0 Å². The first kappa shape index (κ1) is 14.3. The minimum absolute atomic E-state index is 0.361. The summed E-state index contributed by atoms with van der Waals surface area (Å²) in [4.78, 5) is 24.1. The third kappa shape index (κ3) is 2.60. The molecule has 8 heteroatoms. The molecule has 0 aliphatic rings. The molecule has 4 rings (SSSR count). The predicted molar refractivity (Wildman–Crippen MR) is 94.6 cm³/mol. The van der Waals surface area contributed by atoms with Gasteiger partial charge in [-0.05, 0) is 24.0 Å². The number of aromatic nitrogens is 5. The summed E-state index contributed by atoms with van der Waals surface area (Å²) in [5.74, 6) is 1.87. The van der Waals surface area contributed by atoms with E-state index in [1.54, 1.807) is 18.0 Å². The monoisotopic (exact) mass is 340 g/mol. The number of anilines is 1. The minimum atomic E-state index is 0.361. The van der Waals surface area contributed by atoms with Gasteiger partial charge in [0.25, 0.3) is 0 Å². The number of hydrogen-bond donors (Lipinski definition) is 1. The highest BCUT2D eigenvalue weighted by Crippen LogP contribution is 2.30. The molecule has 0 spiro atoms. The Bertz CT molecular complexity index is 1010. The van der Waals surface area contributed by atoms with Gasteiger partial charge in [-0.3, -0.25) is 4.98 Å². The van der Waals surface area contributed by atoms with Crippen LogP contribution in [0, 0.1) is 0 Å². The summed E-state index contributed by atoms with van der Waals surface area (Å²) >= 11 is 3.20. The van der Waals surface area contributed by atoms with Crippen molar-refractivity contribution < 1.29 is 0 Å². The predicted octanol–water partition coefficient (Wildman–Crippen LogP) is 3.39. The third-order valence-electron chi connectivity index (χ3n) is 3.21. The molecule has 0 saturated carbocycles. The van der Waals surface area contributed by atoms with Crippen LogP contribution in [0.2, 0.25) is 0 Å². The molecule has 0 aromatic carbocycles. The lowest BCUT2D eigenvalue weighted by molar-refractivity contribution is 1.20. The summed E-state index contributed by atoms with van der Waals surface area (Å²) in [6.45, 7) is 2.11. The molecule has 0 bridgehead atoms. The minimum Gasteiger partial charge on any atom is -0.382 e. The number of nitrogen functional groups attached to an aromatic ring is 1. The van der Waals surface area contributed by atoms with Crippen molar-refractivity contribution in [2.24, 2.45) is 0 Å². The first-order chi connectivity index (χ1) is 11.2. The Morgan fingerprint density at radius 2 is 2.09 bits per heavy atom. The molecule has 114 valence electrons. The Morgan fingerprint density at radius 3 is 2.96 bits per heavy atom. The SMILES string of the molecule is CCSc1cnc2sc(-c3nc(N)c4ncccc4n3)nc2c1. The van der Waals surface area contributed by atoms with E-state index in [4.69, 9.17) is 5.73 Å². The van der Waals surface area contributed by atoms with Gasteiger partial charge < -0.3 is 5.73 Å². The zero-order valence-electron chi connectivity index (χ0n) is 12.2. The molecular weight excluding hydrogens is 328 g/mol. The van der Waals surface area contributed by atoms with Crippen molar-refractivity contribution in [1.82, 2.24) is 24.9 Å². The lowest BCUT2D eigenvalue weighted by atomic mass is 10.3. The number of nitrogens with zero attached hydrogens (tertiary/aromatic N) is 5. The maximum Gasteiger partial charge on any atom is 0.191 e. The first-order valence-corrected chi connectivity index (χ1v) is 8.83. The van der Waals surface area contributed by atoms with Gasteiger partial charge in [-0.1, -0.05) is 18.3 Å². The lowest BCUT2D eigenvalue weighted by Crippen LogP contribution is -1.98. The van der Waals surface area contributed by atoms with Gasteiger partial charge in [-0.2, -0.15) is 0 Å². The van der Waals surface area contributed by atoms with E-state index in [0.717, 1.165) is 21.0 Å². The second-order valence-corrected chi connectivity index (χ2v) is 7.07. The molecule has 0 atom stereocenters.